The van der Waals surface area contributed by atoms with Crippen LogP contribution < -0.4 is 11.2 Å². The molecule has 0 unspecified atom stereocenters. The van der Waals surface area contributed by atoms with E-state index >= 15 is 0 Å². The molecule has 0 saturated carbocycles. The van der Waals surface area contributed by atoms with Gasteiger partial charge in [0.2, 0.25) is 0 Å². The molecule has 3 heterocycles. The van der Waals surface area contributed by atoms with Crippen molar-refractivity contribution >= 4 is 11.0 Å². The molecule has 6 aromatic rings. The Balaban J connectivity index is 1.43. The summed E-state index contributed by atoms with van der Waals surface area (Å²) in [6.07, 6.45) is -6.06. The van der Waals surface area contributed by atoms with E-state index in [9.17, 15) is 40.3 Å². The number of alkyl halides is 6. The summed E-state index contributed by atoms with van der Waals surface area (Å²) in [5, 5.41) is 4.26. The van der Waals surface area contributed by atoms with E-state index in [1.54, 1.807) is 24.4 Å². The number of rotatable bonds is 7. The number of fused-ring (bicyclic) bond motifs is 1. The molecule has 7 nitrogen and oxygen atoms in total. The number of aromatic nitrogens is 5. The first-order valence-electron chi connectivity index (χ1n) is 13.7. The predicted octanol–water partition coefficient (Wildman–Crippen LogP) is 6.68. The van der Waals surface area contributed by atoms with Gasteiger partial charge in [0.05, 0.1) is 48.2 Å². The summed E-state index contributed by atoms with van der Waals surface area (Å²) in [6.45, 7) is -0.469. The monoisotopic (exact) mass is 641 g/mol. The van der Waals surface area contributed by atoms with Crippen molar-refractivity contribution in [2.24, 2.45) is 0 Å². The maximum atomic E-state index is 14.2. The van der Waals surface area contributed by atoms with Gasteiger partial charge in [-0.05, 0) is 47.5 Å². The van der Waals surface area contributed by atoms with E-state index in [1.165, 1.54) is 39.7 Å². The average Bonchev–Trinajstić information content (AvgIpc) is 3.66. The molecule has 0 saturated heterocycles. The molecule has 0 fully saturated rings. The summed E-state index contributed by atoms with van der Waals surface area (Å²) < 4.78 is 96.3. The molecule has 14 heteroatoms. The minimum absolute atomic E-state index is 0.0183. The summed E-state index contributed by atoms with van der Waals surface area (Å²) in [5.74, 6) is -0.411. The molecule has 6 rings (SSSR count). The number of benzene rings is 3. The van der Waals surface area contributed by atoms with E-state index in [1.807, 2.05) is 0 Å². The lowest BCUT2D eigenvalue weighted by Gasteiger charge is -2.14. The molecule has 0 bridgehead atoms. The summed E-state index contributed by atoms with van der Waals surface area (Å²) in [7, 11) is 0. The first kappa shape index (κ1) is 30.6. The van der Waals surface area contributed by atoms with Crippen molar-refractivity contribution in [2.45, 2.75) is 32.0 Å². The van der Waals surface area contributed by atoms with Gasteiger partial charge in [0.25, 0.3) is 5.56 Å². The van der Waals surface area contributed by atoms with Gasteiger partial charge in [-0.3, -0.25) is 18.6 Å². The second-order valence-electron chi connectivity index (χ2n) is 10.6. The van der Waals surface area contributed by atoms with E-state index in [2.05, 4.69) is 10.1 Å². The van der Waals surface area contributed by atoms with Crippen LogP contribution in [0.4, 0.5) is 30.7 Å². The van der Waals surface area contributed by atoms with Gasteiger partial charge in [0.15, 0.2) is 0 Å². The molecule has 0 spiro atoms. The average molecular weight is 642 g/mol. The van der Waals surface area contributed by atoms with Crippen LogP contribution in [0.25, 0.3) is 22.3 Å². The van der Waals surface area contributed by atoms with Crippen LogP contribution in [0.2, 0.25) is 0 Å². The van der Waals surface area contributed by atoms with Gasteiger partial charge >= 0.3 is 18.0 Å². The lowest BCUT2D eigenvalue weighted by molar-refractivity contribution is -0.138. The Hall–Kier alpha value is -5.40. The number of H-pyrrole nitrogens is 1. The van der Waals surface area contributed by atoms with Gasteiger partial charge in [-0.15, -0.1) is 0 Å². The third-order valence-corrected chi connectivity index (χ3v) is 7.49. The van der Waals surface area contributed by atoms with E-state index in [4.69, 9.17) is 0 Å². The number of aromatic amines is 1. The van der Waals surface area contributed by atoms with E-state index in [-0.39, 0.29) is 36.2 Å². The van der Waals surface area contributed by atoms with Crippen LogP contribution in [0.15, 0.2) is 101 Å². The Kier molecular flexibility index (Phi) is 7.66. The predicted molar refractivity (Wildman–Crippen MR) is 155 cm³/mol. The lowest BCUT2D eigenvalue weighted by atomic mass is 10.1. The third kappa shape index (κ3) is 6.10. The van der Waals surface area contributed by atoms with Crippen LogP contribution >= 0.6 is 0 Å². The van der Waals surface area contributed by atoms with Crippen molar-refractivity contribution in [3.8, 4) is 11.3 Å². The van der Waals surface area contributed by atoms with Crippen molar-refractivity contribution in [3.63, 3.8) is 0 Å². The molecule has 1 N–H and O–H groups in total. The zero-order valence-electron chi connectivity index (χ0n) is 23.5. The largest absolute Gasteiger partial charge is 0.416 e. The second kappa shape index (κ2) is 11.5. The van der Waals surface area contributed by atoms with Gasteiger partial charge in [-0.25, -0.2) is 9.18 Å². The Morgan fingerprint density at radius 2 is 1.28 bits per heavy atom. The number of nitrogens with one attached hydrogen (secondary N) is 1. The molecule has 0 aliphatic heterocycles. The van der Waals surface area contributed by atoms with E-state index in [0.717, 1.165) is 41.0 Å². The first-order valence-corrected chi connectivity index (χ1v) is 13.7. The highest BCUT2D eigenvalue weighted by Crippen LogP contribution is 2.30. The Labute approximate surface area is 254 Å². The lowest BCUT2D eigenvalue weighted by Crippen LogP contribution is -2.40. The quantitative estimate of drug-likeness (QED) is 0.198. The number of hydrogen-bond acceptors (Lipinski definition) is 3. The normalized spacial score (nSPS) is 12.2. The van der Waals surface area contributed by atoms with E-state index in [0.29, 0.717) is 22.4 Å². The Bertz CT molecular complexity index is 2150. The maximum absolute atomic E-state index is 14.2. The van der Waals surface area contributed by atoms with Crippen LogP contribution in [0.5, 0.6) is 0 Å². The SMILES string of the molecule is O=c1c2[nH]c(-c3cnn(Cc4ccccc4F)c3)cc2n(Cc2ccc(C(F)(F)F)cc2)c(=O)n1Cc1ccc(C(F)(F)F)cc1. The van der Waals surface area contributed by atoms with Crippen molar-refractivity contribution in [3.05, 3.63) is 146 Å². The highest BCUT2D eigenvalue weighted by Gasteiger charge is 2.31. The second-order valence-corrected chi connectivity index (χ2v) is 10.6. The van der Waals surface area contributed by atoms with Crippen molar-refractivity contribution in [1.29, 1.82) is 0 Å². The molecule has 0 radical (unpaired) electrons. The summed E-state index contributed by atoms with van der Waals surface area (Å²) in [4.78, 5) is 30.4. The maximum Gasteiger partial charge on any atom is 0.416 e. The number of hydrogen-bond donors (Lipinski definition) is 1. The molecule has 3 aromatic carbocycles. The van der Waals surface area contributed by atoms with Gasteiger partial charge < -0.3 is 4.98 Å². The Morgan fingerprint density at radius 3 is 1.85 bits per heavy atom. The highest BCUT2D eigenvalue weighted by atomic mass is 19.4. The zero-order chi connectivity index (χ0) is 32.8. The smallest absolute Gasteiger partial charge is 0.349 e. The van der Waals surface area contributed by atoms with Gasteiger partial charge in [0, 0.05) is 17.3 Å². The van der Waals surface area contributed by atoms with Crippen LogP contribution in [-0.2, 0) is 32.0 Å². The molecule has 0 aliphatic rings. The van der Waals surface area contributed by atoms with Crippen molar-refractivity contribution in [1.82, 2.24) is 23.9 Å². The fourth-order valence-electron chi connectivity index (χ4n) is 5.09. The van der Waals surface area contributed by atoms with Crippen molar-refractivity contribution < 1.29 is 30.7 Å². The molecular weight excluding hydrogens is 619 g/mol. The fraction of sp³-hybridized carbons (Fsp3) is 0.156. The molecule has 0 aliphatic carbocycles. The van der Waals surface area contributed by atoms with Gasteiger partial charge in [-0.1, -0.05) is 42.5 Å². The summed E-state index contributed by atoms with van der Waals surface area (Å²) in [6, 6.07) is 15.9. The standard InChI is InChI=1S/C32H22F7N5O2/c33-25-4-2-1-3-21(25)17-42-18-22(14-40-42)26-13-27-28(41-26)29(45)44(16-20-7-11-24(12-8-20)32(37,38)39)30(46)43(27)15-19-5-9-23(10-6-19)31(34,35)36/h1-14,18,41H,15-17H2. The van der Waals surface area contributed by atoms with Crippen molar-refractivity contribution in [2.75, 3.05) is 0 Å². The van der Waals surface area contributed by atoms with Crippen LogP contribution in [0.1, 0.15) is 27.8 Å². The van der Waals surface area contributed by atoms with Crippen LogP contribution in [-0.4, -0.2) is 23.9 Å². The van der Waals surface area contributed by atoms with Gasteiger partial charge in [0.1, 0.15) is 11.3 Å². The van der Waals surface area contributed by atoms with Crippen LogP contribution in [0, 0.1) is 5.82 Å². The molecule has 46 heavy (non-hydrogen) atoms. The highest BCUT2D eigenvalue weighted by molar-refractivity contribution is 5.82. The Morgan fingerprint density at radius 1 is 0.717 bits per heavy atom. The third-order valence-electron chi connectivity index (χ3n) is 7.49. The molecule has 0 amide bonds. The number of nitrogens with zero attached hydrogens (tertiary/aromatic N) is 4. The summed E-state index contributed by atoms with van der Waals surface area (Å²) >= 11 is 0. The molecular formula is C32H22F7N5O2. The zero-order valence-corrected chi connectivity index (χ0v) is 23.5. The topological polar surface area (TPSA) is 77.6 Å². The van der Waals surface area contributed by atoms with E-state index < -0.39 is 40.5 Å². The minimum atomic E-state index is -4.58. The number of halogens is 7. The minimum Gasteiger partial charge on any atom is -0.349 e. The molecule has 3 aromatic heterocycles. The van der Waals surface area contributed by atoms with Crippen LogP contribution in [0.3, 0.4) is 0 Å². The summed E-state index contributed by atoms with van der Waals surface area (Å²) in [5.41, 5.74) is -1.39. The first-order chi connectivity index (χ1) is 21.8. The fourth-order valence-corrected chi connectivity index (χ4v) is 5.09. The molecule has 0 atom stereocenters. The molecule has 236 valence electrons. The van der Waals surface area contributed by atoms with Gasteiger partial charge in [-0.2, -0.15) is 31.4 Å².